The summed E-state index contributed by atoms with van der Waals surface area (Å²) in [6.07, 6.45) is 4.70. The van der Waals surface area contributed by atoms with Crippen LogP contribution < -0.4 is 4.90 Å². The van der Waals surface area contributed by atoms with Gasteiger partial charge >= 0.3 is 5.97 Å². The Labute approximate surface area is 204 Å². The molecule has 0 aliphatic carbocycles. The zero-order chi connectivity index (χ0) is 24.6. The van der Waals surface area contributed by atoms with E-state index >= 15 is 0 Å². The van der Waals surface area contributed by atoms with Crippen LogP contribution in [0.2, 0.25) is 0 Å². The predicted molar refractivity (Wildman–Crippen MR) is 133 cm³/mol. The van der Waals surface area contributed by atoms with E-state index in [1.807, 2.05) is 12.1 Å². The first kappa shape index (κ1) is 23.6. The molecule has 1 aromatic heterocycles. The van der Waals surface area contributed by atoms with Crippen molar-refractivity contribution in [1.82, 2.24) is 9.88 Å². The smallest absolute Gasteiger partial charge is 0.338 e. The third-order valence-corrected chi connectivity index (χ3v) is 5.55. The van der Waals surface area contributed by atoms with E-state index in [9.17, 15) is 14.7 Å². The van der Waals surface area contributed by atoms with E-state index in [0.29, 0.717) is 48.4 Å². The van der Waals surface area contributed by atoms with Gasteiger partial charge in [-0.3, -0.25) is 9.78 Å². The van der Waals surface area contributed by atoms with Crippen molar-refractivity contribution >= 4 is 17.6 Å². The average molecular weight is 468 g/mol. The van der Waals surface area contributed by atoms with Crippen molar-refractivity contribution in [1.29, 1.82) is 0 Å². The number of hydrogen-bond donors (Lipinski definition) is 1. The first-order valence-electron chi connectivity index (χ1n) is 11.2. The fourth-order valence-corrected chi connectivity index (χ4v) is 3.73. The molecule has 4 rings (SSSR count). The highest BCUT2D eigenvalue weighted by atomic mass is 16.5. The molecule has 2 aromatic carbocycles. The molecule has 176 valence electrons. The first-order chi connectivity index (χ1) is 17.0. The van der Waals surface area contributed by atoms with Gasteiger partial charge in [0.15, 0.2) is 0 Å². The molecule has 35 heavy (non-hydrogen) atoms. The quantitative estimate of drug-likeness (QED) is 0.351. The molecular formula is C28H25N3O4. The highest BCUT2D eigenvalue weighted by Gasteiger charge is 2.23. The number of phenolic OH excluding ortho intramolecular Hbond substituents is 1. The van der Waals surface area contributed by atoms with Gasteiger partial charge in [0.25, 0.3) is 5.91 Å². The lowest BCUT2D eigenvalue weighted by Gasteiger charge is -2.36. The highest BCUT2D eigenvalue weighted by Crippen LogP contribution is 2.19. The molecule has 3 aromatic rings. The van der Waals surface area contributed by atoms with E-state index in [1.54, 1.807) is 59.8 Å². The number of esters is 1. The molecule has 0 saturated carbocycles. The summed E-state index contributed by atoms with van der Waals surface area (Å²) in [4.78, 5) is 33.2. The zero-order valence-corrected chi connectivity index (χ0v) is 19.2. The molecule has 1 amide bonds. The molecule has 2 heterocycles. The highest BCUT2D eigenvalue weighted by molar-refractivity contribution is 5.94. The Bertz CT molecular complexity index is 1280. The van der Waals surface area contributed by atoms with Crippen LogP contribution in [0.4, 0.5) is 5.69 Å². The SMILES string of the molecule is C=CCOC(=O)c1ccc(N2CCN(C(=O)c3cncc(C#Cc4cccc(O)c4)c3)CC2)cc1. The van der Waals surface area contributed by atoms with E-state index in [-0.39, 0.29) is 24.2 Å². The Kier molecular flexibility index (Phi) is 7.44. The molecule has 7 heteroatoms. The Hall–Kier alpha value is -4.57. The number of aromatic nitrogens is 1. The van der Waals surface area contributed by atoms with Crippen LogP contribution in [0.3, 0.4) is 0 Å². The van der Waals surface area contributed by atoms with Crippen molar-refractivity contribution in [2.24, 2.45) is 0 Å². The number of carbonyl (C=O) groups excluding carboxylic acids is 2. The number of amides is 1. The average Bonchev–Trinajstić information content (AvgIpc) is 2.90. The fraction of sp³-hybridized carbons (Fsp3) is 0.179. The van der Waals surface area contributed by atoms with Crippen LogP contribution in [0.15, 0.2) is 79.6 Å². The van der Waals surface area contributed by atoms with Crippen molar-refractivity contribution in [2.75, 3.05) is 37.7 Å². The molecule has 0 radical (unpaired) electrons. The summed E-state index contributed by atoms with van der Waals surface area (Å²) in [5, 5.41) is 9.57. The summed E-state index contributed by atoms with van der Waals surface area (Å²) in [7, 11) is 0. The maximum Gasteiger partial charge on any atom is 0.338 e. The van der Waals surface area contributed by atoms with E-state index in [0.717, 1.165) is 5.69 Å². The molecular weight excluding hydrogens is 442 g/mol. The summed E-state index contributed by atoms with van der Waals surface area (Å²) < 4.78 is 5.06. The van der Waals surface area contributed by atoms with Crippen molar-refractivity contribution in [3.63, 3.8) is 0 Å². The molecule has 0 bridgehead atoms. The monoisotopic (exact) mass is 467 g/mol. The lowest BCUT2D eigenvalue weighted by Crippen LogP contribution is -2.48. The van der Waals surface area contributed by atoms with E-state index in [1.165, 1.54) is 6.08 Å². The minimum atomic E-state index is -0.380. The van der Waals surface area contributed by atoms with Gasteiger partial charge in [-0.2, -0.15) is 0 Å². The summed E-state index contributed by atoms with van der Waals surface area (Å²) in [6.45, 7) is 6.21. The largest absolute Gasteiger partial charge is 0.508 e. The topological polar surface area (TPSA) is 83.0 Å². The number of rotatable bonds is 5. The van der Waals surface area contributed by atoms with Gasteiger partial charge in [-0.05, 0) is 48.5 Å². The molecule has 1 aliphatic rings. The minimum Gasteiger partial charge on any atom is -0.508 e. The lowest BCUT2D eigenvalue weighted by molar-refractivity contribution is 0.0549. The lowest BCUT2D eigenvalue weighted by atomic mass is 10.1. The third-order valence-electron chi connectivity index (χ3n) is 5.55. The second kappa shape index (κ2) is 11.0. The van der Waals surface area contributed by atoms with E-state index < -0.39 is 0 Å². The first-order valence-corrected chi connectivity index (χ1v) is 11.2. The van der Waals surface area contributed by atoms with Crippen LogP contribution in [0.1, 0.15) is 31.8 Å². The van der Waals surface area contributed by atoms with Gasteiger partial charge in [0.2, 0.25) is 0 Å². The van der Waals surface area contributed by atoms with Gasteiger partial charge in [-0.1, -0.05) is 30.6 Å². The maximum absolute atomic E-state index is 13.0. The number of pyridine rings is 1. The second-order valence-electron chi connectivity index (χ2n) is 7.98. The van der Waals surface area contributed by atoms with Crippen LogP contribution >= 0.6 is 0 Å². The number of piperazine rings is 1. The van der Waals surface area contributed by atoms with Crippen LogP contribution in [0, 0.1) is 11.8 Å². The Morgan fingerprint density at radius 3 is 2.43 bits per heavy atom. The fourth-order valence-electron chi connectivity index (χ4n) is 3.73. The van der Waals surface area contributed by atoms with Gasteiger partial charge in [-0.15, -0.1) is 0 Å². The Morgan fingerprint density at radius 2 is 1.71 bits per heavy atom. The molecule has 0 spiro atoms. The Morgan fingerprint density at radius 1 is 0.971 bits per heavy atom. The molecule has 1 N–H and O–H groups in total. The molecule has 0 atom stereocenters. The molecule has 0 unspecified atom stereocenters. The van der Waals surface area contributed by atoms with E-state index in [4.69, 9.17) is 4.74 Å². The van der Waals surface area contributed by atoms with Gasteiger partial charge in [0, 0.05) is 55.4 Å². The number of phenols is 1. The molecule has 1 saturated heterocycles. The van der Waals surface area contributed by atoms with Gasteiger partial charge in [0.05, 0.1) is 11.1 Å². The summed E-state index contributed by atoms with van der Waals surface area (Å²) in [5.74, 6) is 5.66. The summed E-state index contributed by atoms with van der Waals surface area (Å²) in [6, 6.07) is 15.7. The van der Waals surface area contributed by atoms with E-state index in [2.05, 4.69) is 28.3 Å². The minimum absolute atomic E-state index is 0.0848. The van der Waals surface area contributed by atoms with Crippen molar-refractivity contribution < 1.29 is 19.4 Å². The molecule has 1 fully saturated rings. The van der Waals surface area contributed by atoms with Crippen LogP contribution in [-0.4, -0.2) is 59.7 Å². The Balaban J connectivity index is 1.36. The van der Waals surface area contributed by atoms with Gasteiger partial charge in [0.1, 0.15) is 12.4 Å². The number of nitrogens with zero attached hydrogens (tertiary/aromatic N) is 3. The van der Waals surface area contributed by atoms with Crippen LogP contribution in [0.5, 0.6) is 5.75 Å². The number of hydrogen-bond acceptors (Lipinski definition) is 6. The third kappa shape index (κ3) is 6.06. The van der Waals surface area contributed by atoms with Crippen LogP contribution in [-0.2, 0) is 4.74 Å². The number of carbonyl (C=O) groups is 2. The molecule has 7 nitrogen and oxygen atoms in total. The summed E-state index contributed by atoms with van der Waals surface area (Å²) in [5.41, 5.74) is 3.28. The number of benzene rings is 2. The number of aromatic hydroxyl groups is 1. The number of ether oxygens (including phenoxy) is 1. The van der Waals surface area contributed by atoms with Gasteiger partial charge in [-0.25, -0.2) is 4.79 Å². The van der Waals surface area contributed by atoms with Crippen LogP contribution in [0.25, 0.3) is 0 Å². The predicted octanol–water partition coefficient (Wildman–Crippen LogP) is 3.49. The number of anilines is 1. The normalized spacial score (nSPS) is 12.9. The standard InChI is InChI=1S/C28H25N3O4/c1-2-16-35-28(34)23-8-10-25(11-9-23)30-12-14-31(15-13-30)27(33)24-17-22(19-29-20-24)7-6-21-4-3-5-26(32)18-21/h2-5,8-11,17-20,32H,1,12-16H2. The van der Waals surface area contributed by atoms with Crippen molar-refractivity contribution in [2.45, 2.75) is 0 Å². The van der Waals surface area contributed by atoms with Gasteiger partial charge < -0.3 is 19.6 Å². The summed E-state index contributed by atoms with van der Waals surface area (Å²) >= 11 is 0. The second-order valence-corrected chi connectivity index (χ2v) is 7.98. The zero-order valence-electron chi connectivity index (χ0n) is 19.2. The maximum atomic E-state index is 13.0. The van der Waals surface area contributed by atoms with Crippen molar-refractivity contribution in [3.8, 4) is 17.6 Å². The molecule has 1 aliphatic heterocycles. The van der Waals surface area contributed by atoms with Crippen molar-refractivity contribution in [3.05, 3.63) is 102 Å².